The highest BCUT2D eigenvalue weighted by atomic mass is 35.5. The van der Waals surface area contributed by atoms with Crippen LogP contribution in [0.25, 0.3) is 0 Å². The Morgan fingerprint density at radius 1 is 1.25 bits per heavy atom. The van der Waals surface area contributed by atoms with E-state index in [2.05, 4.69) is 49.9 Å². The zero-order valence-electron chi connectivity index (χ0n) is 12.9. The van der Waals surface area contributed by atoms with Crippen molar-refractivity contribution in [3.8, 4) is 5.75 Å². The number of hydrogen-bond acceptors (Lipinski definition) is 2. The third kappa shape index (κ3) is 4.39. The summed E-state index contributed by atoms with van der Waals surface area (Å²) in [6, 6.07) is 8.55. The third-order valence-corrected chi connectivity index (χ3v) is 4.13. The molecule has 1 saturated heterocycles. The minimum Gasteiger partial charge on any atom is -0.489 e. The Morgan fingerprint density at radius 2 is 1.95 bits per heavy atom. The summed E-state index contributed by atoms with van der Waals surface area (Å²) >= 11 is 5.74. The number of benzene rings is 1. The summed E-state index contributed by atoms with van der Waals surface area (Å²) in [4.78, 5) is 2.44. The molecule has 2 rings (SSSR count). The van der Waals surface area contributed by atoms with Gasteiger partial charge in [0.2, 0.25) is 0 Å². The number of nitrogens with zero attached hydrogens (tertiary/aromatic N) is 1. The Hall–Kier alpha value is -0.730. The summed E-state index contributed by atoms with van der Waals surface area (Å²) in [6.45, 7) is 9.93. The quantitative estimate of drug-likeness (QED) is 0.759. The number of alkyl halides is 1. The van der Waals surface area contributed by atoms with Crippen molar-refractivity contribution < 1.29 is 4.74 Å². The maximum atomic E-state index is 6.08. The molecule has 2 nitrogen and oxygen atoms in total. The molecule has 0 bridgehead atoms. The predicted octanol–water partition coefficient (Wildman–Crippen LogP) is 4.07. The molecule has 0 N–H and O–H groups in total. The highest BCUT2D eigenvalue weighted by Crippen LogP contribution is 2.25. The van der Waals surface area contributed by atoms with Crippen molar-refractivity contribution in [2.75, 3.05) is 25.5 Å². The molecule has 1 fully saturated rings. The average molecular weight is 296 g/mol. The van der Waals surface area contributed by atoms with Crippen LogP contribution in [0.4, 0.5) is 0 Å². The van der Waals surface area contributed by atoms with E-state index in [1.54, 1.807) is 0 Å². The van der Waals surface area contributed by atoms with Crippen LogP contribution in [0.2, 0.25) is 0 Å². The molecule has 1 aromatic rings. The highest BCUT2D eigenvalue weighted by molar-refractivity contribution is 6.17. The summed E-state index contributed by atoms with van der Waals surface area (Å²) in [7, 11) is 0. The van der Waals surface area contributed by atoms with E-state index in [1.807, 2.05) is 0 Å². The van der Waals surface area contributed by atoms with Crippen LogP contribution in [0, 0.1) is 0 Å². The fourth-order valence-electron chi connectivity index (χ4n) is 2.61. The smallest absolute Gasteiger partial charge is 0.119 e. The number of likely N-dealkylation sites (tertiary alicyclic amines) is 1. The Balaban J connectivity index is 1.85. The van der Waals surface area contributed by atoms with Crippen LogP contribution in [0.1, 0.15) is 39.2 Å². The molecule has 0 saturated carbocycles. The molecule has 0 radical (unpaired) electrons. The van der Waals surface area contributed by atoms with E-state index in [9.17, 15) is 0 Å². The van der Waals surface area contributed by atoms with Gasteiger partial charge in [0.05, 0.1) is 0 Å². The molecule has 0 aliphatic carbocycles. The molecule has 0 amide bonds. The molecule has 1 aliphatic rings. The standard InChI is InChI=1S/C17H26ClNO/c1-17(2,3)14-5-7-15(8-6-14)20-16-9-12-19(13-16)11-4-10-18/h5-8,16H,4,9-13H2,1-3H3/t16-/m1/s1. The first-order valence-corrected chi connectivity index (χ1v) is 8.08. The van der Waals surface area contributed by atoms with Crippen LogP contribution in [0.5, 0.6) is 5.75 Å². The summed E-state index contributed by atoms with van der Waals surface area (Å²) in [5, 5.41) is 0. The van der Waals surface area contributed by atoms with E-state index in [0.717, 1.165) is 44.1 Å². The van der Waals surface area contributed by atoms with Crippen LogP contribution < -0.4 is 4.74 Å². The molecule has 3 heteroatoms. The molecule has 1 atom stereocenters. The summed E-state index contributed by atoms with van der Waals surface area (Å²) in [6.07, 6.45) is 2.50. The molecule has 112 valence electrons. The minimum absolute atomic E-state index is 0.199. The summed E-state index contributed by atoms with van der Waals surface area (Å²) < 4.78 is 6.08. The van der Waals surface area contributed by atoms with Gasteiger partial charge < -0.3 is 4.74 Å². The maximum Gasteiger partial charge on any atom is 0.119 e. The first kappa shape index (κ1) is 15.7. The molecular formula is C17H26ClNO. The lowest BCUT2D eigenvalue weighted by Gasteiger charge is -2.20. The van der Waals surface area contributed by atoms with Gasteiger partial charge in [-0.15, -0.1) is 11.6 Å². The lowest BCUT2D eigenvalue weighted by molar-refractivity contribution is 0.200. The van der Waals surface area contributed by atoms with Gasteiger partial charge in [0.15, 0.2) is 0 Å². The topological polar surface area (TPSA) is 12.5 Å². The lowest BCUT2D eigenvalue weighted by atomic mass is 9.87. The van der Waals surface area contributed by atoms with E-state index in [4.69, 9.17) is 16.3 Å². The number of rotatable bonds is 5. The monoisotopic (exact) mass is 295 g/mol. The Bertz CT molecular complexity index is 410. The zero-order valence-corrected chi connectivity index (χ0v) is 13.6. The number of hydrogen-bond donors (Lipinski definition) is 0. The van der Waals surface area contributed by atoms with Crippen LogP contribution in [0.3, 0.4) is 0 Å². The van der Waals surface area contributed by atoms with Crippen molar-refractivity contribution in [1.29, 1.82) is 0 Å². The van der Waals surface area contributed by atoms with Gasteiger partial charge in [-0.1, -0.05) is 32.9 Å². The van der Waals surface area contributed by atoms with Crippen molar-refractivity contribution in [2.24, 2.45) is 0 Å². The molecule has 1 heterocycles. The van der Waals surface area contributed by atoms with E-state index in [1.165, 1.54) is 5.56 Å². The van der Waals surface area contributed by atoms with Crippen molar-refractivity contribution in [3.05, 3.63) is 29.8 Å². The average Bonchev–Trinajstić information content (AvgIpc) is 2.83. The summed E-state index contributed by atoms with van der Waals surface area (Å²) in [5.41, 5.74) is 1.55. The van der Waals surface area contributed by atoms with Gasteiger partial charge in [0.25, 0.3) is 0 Å². The normalized spacial score (nSPS) is 20.3. The Morgan fingerprint density at radius 3 is 2.55 bits per heavy atom. The largest absolute Gasteiger partial charge is 0.489 e. The van der Waals surface area contributed by atoms with Gasteiger partial charge in [-0.3, -0.25) is 4.90 Å². The van der Waals surface area contributed by atoms with Crippen LogP contribution >= 0.6 is 11.6 Å². The predicted molar refractivity (Wildman–Crippen MR) is 86.0 cm³/mol. The molecule has 1 aliphatic heterocycles. The number of halogens is 1. The van der Waals surface area contributed by atoms with Crippen molar-refractivity contribution >= 4 is 11.6 Å². The third-order valence-electron chi connectivity index (χ3n) is 3.86. The lowest BCUT2D eigenvalue weighted by Crippen LogP contribution is -2.26. The first-order chi connectivity index (χ1) is 9.49. The summed E-state index contributed by atoms with van der Waals surface area (Å²) in [5.74, 6) is 1.73. The molecular weight excluding hydrogens is 270 g/mol. The second kappa shape index (κ2) is 6.82. The second-order valence-corrected chi connectivity index (χ2v) is 7.02. The fraction of sp³-hybridized carbons (Fsp3) is 0.647. The van der Waals surface area contributed by atoms with Crippen molar-refractivity contribution in [3.63, 3.8) is 0 Å². The van der Waals surface area contributed by atoms with Gasteiger partial charge >= 0.3 is 0 Å². The van der Waals surface area contributed by atoms with Gasteiger partial charge in [0, 0.05) is 19.0 Å². The van der Waals surface area contributed by atoms with Gasteiger partial charge in [-0.05, 0) is 42.5 Å². The van der Waals surface area contributed by atoms with Gasteiger partial charge in [0.1, 0.15) is 11.9 Å². The highest BCUT2D eigenvalue weighted by Gasteiger charge is 2.23. The van der Waals surface area contributed by atoms with Gasteiger partial charge in [-0.25, -0.2) is 0 Å². The molecule has 1 aromatic carbocycles. The first-order valence-electron chi connectivity index (χ1n) is 7.54. The Labute approximate surface area is 128 Å². The van der Waals surface area contributed by atoms with Crippen molar-refractivity contribution in [1.82, 2.24) is 4.90 Å². The van der Waals surface area contributed by atoms with Gasteiger partial charge in [-0.2, -0.15) is 0 Å². The van der Waals surface area contributed by atoms with E-state index < -0.39 is 0 Å². The maximum absolute atomic E-state index is 6.08. The van der Waals surface area contributed by atoms with E-state index in [-0.39, 0.29) is 5.41 Å². The Kier molecular flexibility index (Phi) is 5.34. The zero-order chi connectivity index (χ0) is 14.6. The fourth-order valence-corrected chi connectivity index (χ4v) is 2.73. The van der Waals surface area contributed by atoms with Crippen LogP contribution in [-0.4, -0.2) is 36.5 Å². The second-order valence-electron chi connectivity index (χ2n) is 6.65. The van der Waals surface area contributed by atoms with E-state index >= 15 is 0 Å². The van der Waals surface area contributed by atoms with Crippen LogP contribution in [0.15, 0.2) is 24.3 Å². The molecule has 20 heavy (non-hydrogen) atoms. The molecule has 0 spiro atoms. The minimum atomic E-state index is 0.199. The number of ether oxygens (including phenoxy) is 1. The molecule has 0 aromatic heterocycles. The molecule has 0 unspecified atom stereocenters. The van der Waals surface area contributed by atoms with Crippen molar-refractivity contribution in [2.45, 2.75) is 45.1 Å². The van der Waals surface area contributed by atoms with E-state index in [0.29, 0.717) is 6.10 Å². The van der Waals surface area contributed by atoms with Crippen LogP contribution in [-0.2, 0) is 5.41 Å². The SMILES string of the molecule is CC(C)(C)c1ccc(O[C@@H]2CCN(CCCCl)C2)cc1.